The third-order valence-electron chi connectivity index (χ3n) is 6.71. The van der Waals surface area contributed by atoms with E-state index in [0.29, 0.717) is 64.5 Å². The lowest BCUT2D eigenvalue weighted by atomic mass is 10.2. The monoisotopic (exact) mass is 563 g/mol. The first-order chi connectivity index (χ1) is 18.8. The lowest BCUT2D eigenvalue weighted by molar-refractivity contribution is 0.136. The maximum Gasteiger partial charge on any atom is 0.279 e. The molecule has 1 saturated heterocycles. The molecule has 0 aliphatic carbocycles. The first-order valence-corrected chi connectivity index (χ1v) is 14.7. The molecule has 13 nitrogen and oxygen atoms in total. The molecule has 39 heavy (non-hydrogen) atoms. The summed E-state index contributed by atoms with van der Waals surface area (Å²) in [5.74, 6) is 0.297. The molecule has 0 atom stereocenters. The molecule has 0 spiro atoms. The number of fused-ring (bicyclic) bond motifs is 1. The first kappa shape index (κ1) is 29.1. The number of rotatable bonds is 13. The number of pyridine rings is 1. The molecule has 1 aliphatic heterocycles. The third-order valence-corrected chi connectivity index (χ3v) is 8.57. The normalized spacial score (nSPS) is 15.3. The van der Waals surface area contributed by atoms with Crippen LogP contribution in [-0.4, -0.2) is 109 Å². The number of sulfonamides is 1. The number of hydrogen-bond acceptors (Lipinski definition) is 10. The van der Waals surface area contributed by atoms with Crippen molar-refractivity contribution in [1.82, 2.24) is 33.9 Å². The summed E-state index contributed by atoms with van der Waals surface area (Å²) in [6.07, 6.45) is 1.87. The van der Waals surface area contributed by atoms with Crippen LogP contribution < -0.4 is 10.3 Å². The average molecular weight is 564 g/mol. The summed E-state index contributed by atoms with van der Waals surface area (Å²) >= 11 is 0. The van der Waals surface area contributed by atoms with Crippen molar-refractivity contribution in [2.45, 2.75) is 38.6 Å². The molecule has 0 aromatic carbocycles. The Kier molecular flexibility index (Phi) is 9.67. The highest BCUT2D eigenvalue weighted by molar-refractivity contribution is 7.89. The molecule has 0 radical (unpaired) electrons. The van der Waals surface area contributed by atoms with Gasteiger partial charge >= 0.3 is 0 Å². The summed E-state index contributed by atoms with van der Waals surface area (Å²) in [4.78, 5) is 27.2. The fraction of sp³-hybridized carbons (Fsp3) is 0.600. The Morgan fingerprint density at radius 3 is 2.49 bits per heavy atom. The van der Waals surface area contributed by atoms with Crippen molar-refractivity contribution in [3.63, 3.8) is 0 Å². The number of piperazine rings is 1. The van der Waals surface area contributed by atoms with Crippen LogP contribution in [0.3, 0.4) is 0 Å². The van der Waals surface area contributed by atoms with Gasteiger partial charge < -0.3 is 24.1 Å². The fourth-order valence-corrected chi connectivity index (χ4v) is 5.93. The van der Waals surface area contributed by atoms with Gasteiger partial charge in [0.05, 0.1) is 37.2 Å². The molecule has 214 valence electrons. The highest BCUT2D eigenvalue weighted by Gasteiger charge is 2.30. The summed E-state index contributed by atoms with van der Waals surface area (Å²) in [5, 5.41) is 4.46. The van der Waals surface area contributed by atoms with E-state index in [9.17, 15) is 13.2 Å². The van der Waals surface area contributed by atoms with Gasteiger partial charge in [-0.2, -0.15) is 9.40 Å². The molecule has 4 heterocycles. The van der Waals surface area contributed by atoms with Crippen molar-refractivity contribution in [3.8, 4) is 17.3 Å². The minimum Gasteiger partial charge on any atom is -0.475 e. The number of likely N-dealkylation sites (N-methyl/N-ethyl adjacent to an activating group) is 1. The van der Waals surface area contributed by atoms with E-state index in [1.165, 1.54) is 16.6 Å². The van der Waals surface area contributed by atoms with E-state index in [1.54, 1.807) is 11.8 Å². The van der Waals surface area contributed by atoms with Crippen molar-refractivity contribution in [2.75, 3.05) is 66.3 Å². The molecule has 0 saturated carbocycles. The van der Waals surface area contributed by atoms with Gasteiger partial charge in [-0.3, -0.25) is 9.48 Å². The van der Waals surface area contributed by atoms with Crippen LogP contribution in [0, 0.1) is 0 Å². The number of hydrogen-bond donors (Lipinski definition) is 1. The summed E-state index contributed by atoms with van der Waals surface area (Å²) < 4.78 is 46.6. The van der Waals surface area contributed by atoms with E-state index in [2.05, 4.69) is 26.9 Å². The van der Waals surface area contributed by atoms with E-state index in [4.69, 9.17) is 19.2 Å². The molecule has 0 bridgehead atoms. The van der Waals surface area contributed by atoms with Crippen LogP contribution in [0.1, 0.15) is 26.5 Å². The van der Waals surface area contributed by atoms with Crippen LogP contribution in [-0.2, 0) is 32.5 Å². The Balaban J connectivity index is 1.78. The largest absolute Gasteiger partial charge is 0.475 e. The number of aromatic amines is 1. The second kappa shape index (κ2) is 13.0. The van der Waals surface area contributed by atoms with Gasteiger partial charge in [-0.25, -0.2) is 18.4 Å². The van der Waals surface area contributed by atoms with Crippen LogP contribution in [0.5, 0.6) is 5.88 Å². The van der Waals surface area contributed by atoms with Gasteiger partial charge in [-0.15, -0.1) is 0 Å². The molecular weight excluding hydrogens is 526 g/mol. The van der Waals surface area contributed by atoms with Crippen LogP contribution >= 0.6 is 0 Å². The van der Waals surface area contributed by atoms with Gasteiger partial charge in [0.1, 0.15) is 22.8 Å². The van der Waals surface area contributed by atoms with E-state index in [-0.39, 0.29) is 34.3 Å². The number of H-pyrrole nitrogens is 1. The summed E-state index contributed by atoms with van der Waals surface area (Å²) in [6.45, 7) is 10.9. The Morgan fingerprint density at radius 1 is 1.05 bits per heavy atom. The maximum absolute atomic E-state index is 13.5. The number of nitrogens with zero attached hydrogens (tertiary/aromatic N) is 6. The molecule has 1 N–H and O–H groups in total. The lowest BCUT2D eigenvalue weighted by Crippen LogP contribution is -2.48. The van der Waals surface area contributed by atoms with E-state index >= 15 is 0 Å². The maximum atomic E-state index is 13.5. The van der Waals surface area contributed by atoms with Gasteiger partial charge in [-0.1, -0.05) is 13.8 Å². The van der Waals surface area contributed by atoms with Gasteiger partial charge in [0.25, 0.3) is 5.56 Å². The van der Waals surface area contributed by atoms with Gasteiger partial charge in [-0.05, 0) is 26.0 Å². The van der Waals surface area contributed by atoms with Crippen molar-refractivity contribution >= 4 is 21.1 Å². The molecular formula is C25H37N7O6S. The molecule has 0 amide bonds. The van der Waals surface area contributed by atoms with Gasteiger partial charge in [0.15, 0.2) is 5.52 Å². The zero-order chi connectivity index (χ0) is 28.0. The van der Waals surface area contributed by atoms with Crippen molar-refractivity contribution in [3.05, 3.63) is 28.3 Å². The number of aromatic nitrogens is 5. The van der Waals surface area contributed by atoms with Crippen LogP contribution in [0.25, 0.3) is 22.4 Å². The smallest absolute Gasteiger partial charge is 0.279 e. The topological polar surface area (TPSA) is 145 Å². The minimum atomic E-state index is -3.83. The fourth-order valence-electron chi connectivity index (χ4n) is 4.54. The Bertz CT molecular complexity index is 1430. The summed E-state index contributed by atoms with van der Waals surface area (Å²) in [5.41, 5.74) is 1.26. The van der Waals surface area contributed by atoms with Crippen LogP contribution in [0.15, 0.2) is 22.0 Å². The second-order valence-corrected chi connectivity index (χ2v) is 11.0. The zero-order valence-electron chi connectivity index (χ0n) is 23.0. The van der Waals surface area contributed by atoms with E-state index in [0.717, 1.165) is 12.2 Å². The molecule has 1 fully saturated rings. The highest BCUT2D eigenvalue weighted by Crippen LogP contribution is 2.30. The molecule has 4 rings (SSSR count). The molecule has 0 unspecified atom stereocenters. The standard InChI is InChI=1S/C25H37N7O6S/c1-5-20-21-22(29-32(20)12-13-37-7-3)24(33)28-23(27-21)19-16-18(17-26-25(19)38-15-14-36-4)39(34,35)31-10-8-30(6-2)9-11-31/h16-17H,5-15H2,1-4H3,(H,27,28,33). The van der Waals surface area contributed by atoms with Crippen LogP contribution in [0.4, 0.5) is 0 Å². The van der Waals surface area contributed by atoms with E-state index < -0.39 is 15.6 Å². The minimum absolute atomic E-state index is 0.00686. The molecule has 1 aliphatic rings. The Hall–Kier alpha value is -2.91. The average Bonchev–Trinajstić information content (AvgIpc) is 3.31. The third kappa shape index (κ3) is 6.30. The van der Waals surface area contributed by atoms with Crippen molar-refractivity contribution in [1.29, 1.82) is 0 Å². The van der Waals surface area contributed by atoms with E-state index in [1.807, 2.05) is 13.8 Å². The molecule has 3 aromatic heterocycles. The Labute approximate surface area is 228 Å². The van der Waals surface area contributed by atoms with Gasteiger partial charge in [0.2, 0.25) is 15.9 Å². The summed E-state index contributed by atoms with van der Waals surface area (Å²) in [7, 11) is -2.28. The zero-order valence-corrected chi connectivity index (χ0v) is 23.8. The second-order valence-electron chi connectivity index (χ2n) is 9.04. The SMILES string of the molecule is CCOCCn1nc2c(=O)[nH]c(-c3cc(S(=O)(=O)N4CCN(CC)CC4)cnc3OCCOC)nc2c1CC. The predicted octanol–water partition coefficient (Wildman–Crippen LogP) is 1.13. The van der Waals surface area contributed by atoms with Crippen LogP contribution in [0.2, 0.25) is 0 Å². The van der Waals surface area contributed by atoms with Crippen molar-refractivity contribution < 1.29 is 22.6 Å². The number of nitrogens with one attached hydrogen (secondary N) is 1. The first-order valence-electron chi connectivity index (χ1n) is 13.3. The Morgan fingerprint density at radius 2 is 1.82 bits per heavy atom. The molecule has 14 heteroatoms. The number of aryl methyl sites for hydroxylation is 1. The summed E-state index contributed by atoms with van der Waals surface area (Å²) in [6, 6.07) is 1.46. The molecule has 3 aromatic rings. The lowest BCUT2D eigenvalue weighted by Gasteiger charge is -2.33. The number of methoxy groups -OCH3 is 1. The van der Waals surface area contributed by atoms with Crippen molar-refractivity contribution in [2.24, 2.45) is 0 Å². The number of ether oxygens (including phenoxy) is 3. The quantitative estimate of drug-likeness (QED) is 0.301. The predicted molar refractivity (Wildman–Crippen MR) is 145 cm³/mol. The van der Waals surface area contributed by atoms with Gasteiger partial charge in [0, 0.05) is 39.9 Å². The highest BCUT2D eigenvalue weighted by atomic mass is 32.2.